The van der Waals surface area contributed by atoms with Crippen LogP contribution in [0.3, 0.4) is 0 Å². The third-order valence-corrected chi connectivity index (χ3v) is 5.95. The molecule has 0 radical (unpaired) electrons. The van der Waals surface area contributed by atoms with E-state index in [1.165, 1.54) is 29.5 Å². The van der Waals surface area contributed by atoms with Gasteiger partial charge in [-0.2, -0.15) is 0 Å². The predicted molar refractivity (Wildman–Crippen MR) is 104 cm³/mol. The maximum Gasteiger partial charge on any atom is 0.236 e. The number of carbonyl (C=O) groups excluding carboxylic acids is 1. The van der Waals surface area contributed by atoms with Crippen molar-refractivity contribution >= 4 is 34.1 Å². The second-order valence-electron chi connectivity index (χ2n) is 6.10. The molecule has 0 bridgehead atoms. The third-order valence-electron chi connectivity index (χ3n) is 4.23. The fraction of sp³-hybridized carbons (Fsp3) is 0.333. The molecule has 0 saturated heterocycles. The van der Waals surface area contributed by atoms with Crippen LogP contribution in [0.5, 0.6) is 0 Å². The molecule has 1 amide bonds. The van der Waals surface area contributed by atoms with Crippen LogP contribution < -0.4 is 5.32 Å². The number of nitrogens with zero attached hydrogens (tertiary/aromatic N) is 4. The van der Waals surface area contributed by atoms with E-state index in [-0.39, 0.29) is 5.91 Å². The van der Waals surface area contributed by atoms with Crippen molar-refractivity contribution in [3.05, 3.63) is 41.5 Å². The van der Waals surface area contributed by atoms with Gasteiger partial charge in [0.2, 0.25) is 5.91 Å². The molecule has 3 aromatic rings. The summed E-state index contributed by atoms with van der Waals surface area (Å²) in [6, 6.07) is 9.94. The summed E-state index contributed by atoms with van der Waals surface area (Å²) in [5.74, 6) is 1.27. The molecule has 1 aliphatic heterocycles. The Morgan fingerprint density at radius 1 is 1.19 bits per heavy atom. The fourth-order valence-electron chi connectivity index (χ4n) is 2.92. The molecule has 2 aromatic heterocycles. The van der Waals surface area contributed by atoms with Gasteiger partial charge >= 0.3 is 0 Å². The van der Waals surface area contributed by atoms with E-state index in [1.54, 1.807) is 0 Å². The second-order valence-corrected chi connectivity index (χ2v) is 7.90. The predicted octanol–water partition coefficient (Wildman–Crippen LogP) is 3.86. The lowest BCUT2D eigenvalue weighted by molar-refractivity contribution is -0.113. The Morgan fingerprint density at radius 2 is 2.08 bits per heavy atom. The Balaban J connectivity index is 1.35. The summed E-state index contributed by atoms with van der Waals surface area (Å²) in [4.78, 5) is 16.8. The van der Waals surface area contributed by atoms with Crippen molar-refractivity contribution < 1.29 is 4.79 Å². The summed E-state index contributed by atoms with van der Waals surface area (Å²) >= 11 is 2.87. The largest absolute Gasteiger partial charge is 0.306 e. The summed E-state index contributed by atoms with van der Waals surface area (Å²) in [6.45, 7) is 0.944. The second kappa shape index (κ2) is 8.01. The number of rotatable bonds is 5. The fourth-order valence-corrected chi connectivity index (χ4v) is 4.44. The van der Waals surface area contributed by atoms with Crippen molar-refractivity contribution in [3.63, 3.8) is 0 Å². The number of hydrogen-bond acceptors (Lipinski definition) is 6. The van der Waals surface area contributed by atoms with E-state index in [1.807, 2.05) is 35.7 Å². The zero-order valence-corrected chi connectivity index (χ0v) is 15.9. The van der Waals surface area contributed by atoms with Gasteiger partial charge < -0.3 is 9.88 Å². The number of aromatic nitrogens is 4. The Morgan fingerprint density at radius 3 is 2.96 bits per heavy atom. The van der Waals surface area contributed by atoms with Crippen LogP contribution in [-0.2, 0) is 17.8 Å². The van der Waals surface area contributed by atoms with Crippen molar-refractivity contribution in [2.24, 2.45) is 0 Å². The molecule has 0 fully saturated rings. The first kappa shape index (κ1) is 17.2. The van der Waals surface area contributed by atoms with Gasteiger partial charge in [-0.15, -0.1) is 21.5 Å². The molecule has 134 valence electrons. The minimum Gasteiger partial charge on any atom is -0.306 e. The highest BCUT2D eigenvalue weighted by Gasteiger charge is 2.16. The molecular formula is C18H19N5OS2. The van der Waals surface area contributed by atoms with E-state index < -0.39 is 0 Å². The Labute approximate surface area is 160 Å². The number of carbonyl (C=O) groups is 1. The zero-order valence-electron chi connectivity index (χ0n) is 14.2. The highest BCUT2D eigenvalue weighted by atomic mass is 32.2. The first-order valence-corrected chi connectivity index (χ1v) is 10.5. The number of hydrogen-bond donors (Lipinski definition) is 1. The maximum absolute atomic E-state index is 12.3. The van der Waals surface area contributed by atoms with Crippen LogP contribution in [-0.4, -0.2) is 31.4 Å². The van der Waals surface area contributed by atoms with Crippen LogP contribution in [0.25, 0.3) is 11.3 Å². The van der Waals surface area contributed by atoms with Gasteiger partial charge in [0.25, 0.3) is 0 Å². The van der Waals surface area contributed by atoms with Gasteiger partial charge in [-0.05, 0) is 12.8 Å². The van der Waals surface area contributed by atoms with E-state index in [0.717, 1.165) is 48.0 Å². The van der Waals surface area contributed by atoms with E-state index in [4.69, 9.17) is 0 Å². The molecule has 0 unspecified atom stereocenters. The van der Waals surface area contributed by atoms with Crippen molar-refractivity contribution in [2.75, 3.05) is 11.1 Å². The van der Waals surface area contributed by atoms with Gasteiger partial charge in [0.15, 0.2) is 10.3 Å². The van der Waals surface area contributed by atoms with Gasteiger partial charge in [-0.1, -0.05) is 48.5 Å². The SMILES string of the molecule is O=C(CSc1nnc2n1CCCCC2)Nc1nc(-c2ccccc2)cs1. The number of benzene rings is 1. The standard InChI is InChI=1S/C18H19N5OS2/c24-16(12-26-18-22-21-15-9-5-2-6-10-23(15)18)20-17-19-14(11-25-17)13-7-3-1-4-8-13/h1,3-4,7-8,11H,2,5-6,9-10,12H2,(H,19,20,24). The van der Waals surface area contributed by atoms with Gasteiger partial charge in [-0.3, -0.25) is 4.79 Å². The van der Waals surface area contributed by atoms with Crippen LogP contribution in [0, 0.1) is 0 Å². The van der Waals surface area contributed by atoms with Crippen LogP contribution in [0.15, 0.2) is 40.9 Å². The molecule has 0 atom stereocenters. The van der Waals surface area contributed by atoms with Crippen LogP contribution in [0.2, 0.25) is 0 Å². The Hall–Kier alpha value is -2.19. The molecule has 1 aliphatic rings. The molecule has 3 heterocycles. The molecule has 0 saturated carbocycles. The number of anilines is 1. The highest BCUT2D eigenvalue weighted by molar-refractivity contribution is 7.99. The van der Waals surface area contributed by atoms with Crippen LogP contribution in [0.1, 0.15) is 25.1 Å². The summed E-state index contributed by atoms with van der Waals surface area (Å²) in [5, 5.41) is 14.8. The molecule has 0 spiro atoms. The van der Waals surface area contributed by atoms with Gasteiger partial charge in [0.1, 0.15) is 5.82 Å². The van der Waals surface area contributed by atoms with E-state index in [9.17, 15) is 4.79 Å². The molecule has 6 nitrogen and oxygen atoms in total. The van der Waals surface area contributed by atoms with Crippen molar-refractivity contribution in [3.8, 4) is 11.3 Å². The topological polar surface area (TPSA) is 72.7 Å². The van der Waals surface area contributed by atoms with Crippen molar-refractivity contribution in [1.29, 1.82) is 0 Å². The lowest BCUT2D eigenvalue weighted by Gasteiger charge is -2.06. The third kappa shape index (κ3) is 3.96. The number of amides is 1. The normalized spacial score (nSPS) is 13.8. The van der Waals surface area contributed by atoms with Crippen LogP contribution in [0.4, 0.5) is 5.13 Å². The summed E-state index contributed by atoms with van der Waals surface area (Å²) in [7, 11) is 0. The highest BCUT2D eigenvalue weighted by Crippen LogP contribution is 2.25. The minimum atomic E-state index is -0.0741. The number of nitrogens with one attached hydrogen (secondary N) is 1. The van der Waals surface area contributed by atoms with Gasteiger partial charge in [0, 0.05) is 23.9 Å². The lowest BCUT2D eigenvalue weighted by atomic mass is 10.2. The van der Waals surface area contributed by atoms with E-state index in [2.05, 4.69) is 25.1 Å². The van der Waals surface area contributed by atoms with Crippen molar-refractivity contribution in [1.82, 2.24) is 19.7 Å². The molecular weight excluding hydrogens is 366 g/mol. The average molecular weight is 386 g/mol. The Kier molecular flexibility index (Phi) is 5.31. The zero-order chi connectivity index (χ0) is 17.8. The van der Waals surface area contributed by atoms with Crippen molar-refractivity contribution in [2.45, 2.75) is 37.4 Å². The van der Waals surface area contributed by atoms with E-state index in [0.29, 0.717) is 10.9 Å². The maximum atomic E-state index is 12.3. The number of thiazole rings is 1. The Bertz CT molecular complexity index is 890. The van der Waals surface area contributed by atoms with Gasteiger partial charge in [0.05, 0.1) is 11.4 Å². The van der Waals surface area contributed by atoms with E-state index >= 15 is 0 Å². The minimum absolute atomic E-state index is 0.0741. The summed E-state index contributed by atoms with van der Waals surface area (Å²) in [6.07, 6.45) is 4.51. The molecule has 26 heavy (non-hydrogen) atoms. The first-order valence-electron chi connectivity index (χ1n) is 8.65. The molecule has 4 rings (SSSR count). The average Bonchev–Trinajstić information content (AvgIpc) is 3.21. The smallest absolute Gasteiger partial charge is 0.236 e. The molecule has 1 aromatic carbocycles. The molecule has 1 N–H and O–H groups in total. The lowest BCUT2D eigenvalue weighted by Crippen LogP contribution is -2.14. The summed E-state index contributed by atoms with van der Waals surface area (Å²) in [5.41, 5.74) is 1.92. The first-order chi connectivity index (χ1) is 12.8. The van der Waals surface area contributed by atoms with Crippen LogP contribution >= 0.6 is 23.1 Å². The van der Waals surface area contributed by atoms with Gasteiger partial charge in [-0.25, -0.2) is 4.98 Å². The summed E-state index contributed by atoms with van der Waals surface area (Å²) < 4.78 is 2.15. The molecule has 8 heteroatoms. The monoisotopic (exact) mass is 385 g/mol. The number of aryl methyl sites for hydroxylation is 1. The number of fused-ring (bicyclic) bond motifs is 1. The number of thioether (sulfide) groups is 1. The quantitative estimate of drug-likeness (QED) is 0.675. The molecule has 0 aliphatic carbocycles.